The summed E-state index contributed by atoms with van der Waals surface area (Å²) in [6, 6.07) is 0. The summed E-state index contributed by atoms with van der Waals surface area (Å²) >= 11 is 2.99. The number of hydrogen-bond donors (Lipinski definition) is 0. The van der Waals surface area contributed by atoms with Gasteiger partial charge in [-0.3, -0.25) is 9.79 Å². The first-order valence-electron chi connectivity index (χ1n) is 4.00. The molecule has 0 aromatic carbocycles. The Labute approximate surface area is 91.0 Å². The van der Waals surface area contributed by atoms with Gasteiger partial charge in [0.25, 0.3) is 0 Å². The van der Waals surface area contributed by atoms with Crippen LogP contribution in [0.25, 0.3) is 0 Å². The first kappa shape index (κ1) is 13.0. The molecule has 0 unspecified atom stereocenters. The zero-order valence-electron chi connectivity index (χ0n) is 7.84. The standard InChI is InChI=1S/C10H11BrFNO/c1-3-10(4-5-14)13-7-9(12)6-8(2)11/h4-7H,2-3H2,1H3/b9-6+,10-4-,13-7+. The normalized spacial score (nSPS) is 13.4. The number of carbonyl (C=O) groups excluding carboxylic acids is 1. The number of nitrogens with zero attached hydrogens (tertiary/aromatic N) is 1. The molecule has 14 heavy (non-hydrogen) atoms. The van der Waals surface area contributed by atoms with Gasteiger partial charge in [-0.05, 0) is 18.6 Å². The van der Waals surface area contributed by atoms with Crippen LogP contribution in [-0.2, 0) is 4.79 Å². The van der Waals surface area contributed by atoms with E-state index in [0.29, 0.717) is 22.9 Å². The number of halogens is 2. The second kappa shape index (κ2) is 7.38. The topological polar surface area (TPSA) is 29.4 Å². The van der Waals surface area contributed by atoms with E-state index in [4.69, 9.17) is 0 Å². The lowest BCUT2D eigenvalue weighted by atomic mass is 10.3. The summed E-state index contributed by atoms with van der Waals surface area (Å²) in [4.78, 5) is 13.9. The van der Waals surface area contributed by atoms with Crippen molar-refractivity contribution in [2.24, 2.45) is 4.99 Å². The Hall–Kier alpha value is -1.03. The molecule has 0 heterocycles. The van der Waals surface area contributed by atoms with Gasteiger partial charge in [0.15, 0.2) is 0 Å². The number of aldehydes is 1. The van der Waals surface area contributed by atoms with Gasteiger partial charge >= 0.3 is 0 Å². The van der Waals surface area contributed by atoms with Crippen molar-refractivity contribution in [1.29, 1.82) is 0 Å². The molecule has 0 saturated heterocycles. The number of carbonyl (C=O) groups is 1. The van der Waals surface area contributed by atoms with E-state index < -0.39 is 5.83 Å². The van der Waals surface area contributed by atoms with Crippen LogP contribution in [0.15, 0.2) is 39.7 Å². The molecular formula is C10H11BrFNO. The first-order valence-corrected chi connectivity index (χ1v) is 4.79. The van der Waals surface area contributed by atoms with Crippen LogP contribution in [0, 0.1) is 0 Å². The molecule has 0 aliphatic heterocycles. The molecular weight excluding hydrogens is 249 g/mol. The van der Waals surface area contributed by atoms with Crippen LogP contribution >= 0.6 is 15.9 Å². The monoisotopic (exact) mass is 259 g/mol. The van der Waals surface area contributed by atoms with Crippen molar-refractivity contribution in [2.75, 3.05) is 0 Å². The maximum atomic E-state index is 12.9. The lowest BCUT2D eigenvalue weighted by molar-refractivity contribution is -0.104. The third-order valence-corrected chi connectivity index (χ3v) is 1.50. The minimum atomic E-state index is -0.517. The molecule has 0 bridgehead atoms. The van der Waals surface area contributed by atoms with E-state index in [1.165, 1.54) is 12.2 Å². The minimum Gasteiger partial charge on any atom is -0.298 e. The summed E-state index contributed by atoms with van der Waals surface area (Å²) in [5.41, 5.74) is 0.531. The fourth-order valence-corrected chi connectivity index (χ4v) is 0.881. The molecule has 0 aliphatic rings. The molecule has 2 nitrogen and oxygen atoms in total. The van der Waals surface area contributed by atoms with Crippen LogP contribution in [-0.4, -0.2) is 12.5 Å². The zero-order chi connectivity index (χ0) is 11.0. The minimum absolute atomic E-state index is 0.430. The highest BCUT2D eigenvalue weighted by Gasteiger charge is 1.91. The molecule has 4 heteroatoms. The third-order valence-electron chi connectivity index (χ3n) is 1.27. The second-order valence-electron chi connectivity index (χ2n) is 2.38. The van der Waals surface area contributed by atoms with Gasteiger partial charge in [-0.1, -0.05) is 29.4 Å². The largest absolute Gasteiger partial charge is 0.298 e. The quantitative estimate of drug-likeness (QED) is 0.322. The van der Waals surface area contributed by atoms with Crippen LogP contribution in [0.3, 0.4) is 0 Å². The third kappa shape index (κ3) is 6.48. The molecule has 0 aromatic heterocycles. The fourth-order valence-electron chi connectivity index (χ4n) is 0.662. The Morgan fingerprint density at radius 1 is 1.64 bits per heavy atom. The summed E-state index contributed by atoms with van der Waals surface area (Å²) in [5, 5.41) is 0. The van der Waals surface area contributed by atoms with E-state index in [9.17, 15) is 9.18 Å². The summed E-state index contributed by atoms with van der Waals surface area (Å²) in [6.07, 6.45) is 4.74. The summed E-state index contributed by atoms with van der Waals surface area (Å²) in [6.45, 7) is 5.28. The van der Waals surface area contributed by atoms with Crippen LogP contribution < -0.4 is 0 Å². The van der Waals surface area contributed by atoms with Gasteiger partial charge in [0.1, 0.15) is 12.1 Å². The van der Waals surface area contributed by atoms with E-state index >= 15 is 0 Å². The summed E-state index contributed by atoms with van der Waals surface area (Å²) in [5.74, 6) is -0.517. The van der Waals surface area contributed by atoms with Gasteiger partial charge in [0, 0.05) is 10.2 Å². The number of hydrogen-bond acceptors (Lipinski definition) is 2. The molecule has 0 radical (unpaired) electrons. The molecule has 0 N–H and O–H groups in total. The van der Waals surface area contributed by atoms with Crippen LogP contribution in [0.4, 0.5) is 4.39 Å². The molecule has 0 aliphatic carbocycles. The van der Waals surface area contributed by atoms with Crippen LogP contribution in [0.1, 0.15) is 13.3 Å². The van der Waals surface area contributed by atoms with Crippen LogP contribution in [0.2, 0.25) is 0 Å². The molecule has 0 saturated carbocycles. The van der Waals surface area contributed by atoms with Crippen molar-refractivity contribution in [3.63, 3.8) is 0 Å². The molecule has 0 fully saturated rings. The van der Waals surface area contributed by atoms with Gasteiger partial charge in [-0.2, -0.15) is 0 Å². The maximum absolute atomic E-state index is 12.9. The molecule has 0 rings (SSSR count). The number of rotatable bonds is 5. The fraction of sp³-hybridized carbons (Fsp3) is 0.200. The van der Waals surface area contributed by atoms with Gasteiger partial charge in [-0.25, -0.2) is 4.39 Å². The number of aliphatic imine (C=N–C) groups is 1. The van der Waals surface area contributed by atoms with Crippen molar-refractivity contribution in [3.8, 4) is 0 Å². The Kier molecular flexibility index (Phi) is 6.84. The molecule has 0 spiro atoms. The Balaban J connectivity index is 4.49. The van der Waals surface area contributed by atoms with Crippen molar-refractivity contribution in [3.05, 3.63) is 34.7 Å². The molecule has 76 valence electrons. The van der Waals surface area contributed by atoms with Gasteiger partial charge in [0.2, 0.25) is 0 Å². The van der Waals surface area contributed by atoms with Crippen molar-refractivity contribution in [1.82, 2.24) is 0 Å². The highest BCUT2D eigenvalue weighted by atomic mass is 79.9. The zero-order valence-corrected chi connectivity index (χ0v) is 9.42. The SMILES string of the molecule is C=C(Br)\C=C(F)/C=N/C(=C\C=O)CC. The Morgan fingerprint density at radius 2 is 2.29 bits per heavy atom. The molecule has 0 amide bonds. The van der Waals surface area contributed by atoms with Gasteiger partial charge < -0.3 is 0 Å². The average Bonchev–Trinajstić information content (AvgIpc) is 2.11. The Bertz CT molecular complexity index is 305. The lowest BCUT2D eigenvalue weighted by Crippen LogP contribution is -1.81. The van der Waals surface area contributed by atoms with Crippen LogP contribution in [0.5, 0.6) is 0 Å². The molecule has 0 atom stereocenters. The predicted octanol–water partition coefficient (Wildman–Crippen LogP) is 3.31. The first-order chi connectivity index (χ1) is 6.60. The average molecular weight is 260 g/mol. The Morgan fingerprint density at radius 3 is 2.71 bits per heavy atom. The van der Waals surface area contributed by atoms with Crippen molar-refractivity contribution >= 4 is 28.4 Å². The lowest BCUT2D eigenvalue weighted by Gasteiger charge is -1.92. The molecule has 0 aromatic rings. The van der Waals surface area contributed by atoms with E-state index in [0.717, 1.165) is 6.21 Å². The predicted molar refractivity (Wildman–Crippen MR) is 60.2 cm³/mol. The highest BCUT2D eigenvalue weighted by molar-refractivity contribution is 9.11. The smallest absolute Gasteiger partial charge is 0.144 e. The van der Waals surface area contributed by atoms with Crippen molar-refractivity contribution < 1.29 is 9.18 Å². The summed E-state index contributed by atoms with van der Waals surface area (Å²) in [7, 11) is 0. The second-order valence-corrected chi connectivity index (χ2v) is 3.40. The van der Waals surface area contributed by atoms with E-state index in [2.05, 4.69) is 27.5 Å². The van der Waals surface area contributed by atoms with Gasteiger partial charge in [0.05, 0.1) is 6.21 Å². The van der Waals surface area contributed by atoms with E-state index in [-0.39, 0.29) is 0 Å². The van der Waals surface area contributed by atoms with Gasteiger partial charge in [-0.15, -0.1) is 0 Å². The van der Waals surface area contributed by atoms with E-state index in [1.807, 2.05) is 6.92 Å². The number of allylic oxidation sites excluding steroid dienone is 5. The summed E-state index contributed by atoms with van der Waals surface area (Å²) < 4.78 is 13.3. The van der Waals surface area contributed by atoms with Crippen molar-refractivity contribution in [2.45, 2.75) is 13.3 Å². The highest BCUT2D eigenvalue weighted by Crippen LogP contribution is 2.08. The van der Waals surface area contributed by atoms with E-state index in [1.54, 1.807) is 0 Å². The maximum Gasteiger partial charge on any atom is 0.144 e.